The van der Waals surface area contributed by atoms with Gasteiger partial charge < -0.3 is 5.11 Å². The summed E-state index contributed by atoms with van der Waals surface area (Å²) in [4.78, 5) is 0.156. The number of aryl methyl sites for hydroxylation is 1. The van der Waals surface area contributed by atoms with Crippen LogP contribution in [0.3, 0.4) is 0 Å². The Hall–Kier alpha value is -1.44. The number of likely N-dealkylation sites (N-methyl/N-ethyl adjacent to an activating group) is 1. The Bertz CT molecular complexity index is 606. The highest BCUT2D eigenvalue weighted by molar-refractivity contribution is 7.89. The van der Waals surface area contributed by atoms with E-state index in [2.05, 4.69) is 9.82 Å². The predicted molar refractivity (Wildman–Crippen MR) is 69.7 cm³/mol. The summed E-state index contributed by atoms with van der Waals surface area (Å²) in [6.45, 7) is 2.20. The molecule has 0 aliphatic carbocycles. The number of quaternary nitrogens is 1. The second-order valence-corrected chi connectivity index (χ2v) is 6.94. The molecule has 1 unspecified atom stereocenters. The number of nitrogens with zero attached hydrogens (tertiary/aromatic N) is 2. The predicted octanol–water partition coefficient (Wildman–Crippen LogP) is -0.594. The molecule has 1 N–H and O–H groups in total. The third-order valence-electron chi connectivity index (χ3n) is 2.93. The van der Waals surface area contributed by atoms with Crippen molar-refractivity contribution in [3.05, 3.63) is 29.8 Å². The lowest BCUT2D eigenvalue weighted by Crippen LogP contribution is -2.48. The second-order valence-electron chi connectivity index (χ2n) is 5.23. The van der Waals surface area contributed by atoms with Crippen LogP contribution in [-0.2, 0) is 10.0 Å². The number of benzene rings is 1. The first-order chi connectivity index (χ1) is 8.70. The fourth-order valence-electron chi connectivity index (χ4n) is 1.96. The molecule has 19 heavy (non-hydrogen) atoms. The Balaban J connectivity index is 2.20. The molecule has 0 radical (unpaired) electrons. The molecule has 0 aromatic heterocycles. The zero-order valence-corrected chi connectivity index (χ0v) is 11.9. The normalized spacial score (nSPS) is 22.3. The average molecular weight is 283 g/mol. The van der Waals surface area contributed by atoms with Crippen LogP contribution < -0.4 is 9.83 Å². The van der Waals surface area contributed by atoms with E-state index in [1.165, 1.54) is 12.1 Å². The van der Waals surface area contributed by atoms with E-state index in [1.54, 1.807) is 26.2 Å². The second kappa shape index (κ2) is 4.59. The molecule has 7 heteroatoms. The van der Waals surface area contributed by atoms with E-state index in [9.17, 15) is 13.5 Å². The van der Waals surface area contributed by atoms with Crippen molar-refractivity contribution in [1.82, 2.24) is 4.72 Å². The quantitative estimate of drug-likeness (QED) is 0.753. The summed E-state index contributed by atoms with van der Waals surface area (Å²) in [6.07, 6.45) is 0. The van der Waals surface area contributed by atoms with E-state index in [0.717, 1.165) is 5.56 Å². The van der Waals surface area contributed by atoms with Crippen molar-refractivity contribution in [3.63, 3.8) is 0 Å². The summed E-state index contributed by atoms with van der Waals surface area (Å²) in [5.41, 5.74) is 0.976. The molecule has 0 saturated heterocycles. The highest BCUT2D eigenvalue weighted by Gasteiger charge is 2.33. The molecular formula is C12H17N3O3S. The van der Waals surface area contributed by atoms with Gasteiger partial charge in [0.05, 0.1) is 19.0 Å². The molecule has 104 valence electrons. The maximum Gasteiger partial charge on any atom is 0.241 e. The topological polar surface area (TPSA) is 81.6 Å². The Kier molecular flexibility index (Phi) is 3.38. The van der Waals surface area contributed by atoms with Gasteiger partial charge in [0, 0.05) is 5.90 Å². The van der Waals surface area contributed by atoms with Gasteiger partial charge in [-0.1, -0.05) is 17.7 Å². The molecule has 0 spiro atoms. The van der Waals surface area contributed by atoms with Gasteiger partial charge in [0.15, 0.2) is 0 Å². The van der Waals surface area contributed by atoms with Crippen LogP contribution in [0.25, 0.3) is 0 Å². The van der Waals surface area contributed by atoms with Gasteiger partial charge in [0.1, 0.15) is 12.6 Å². The largest absolute Gasteiger partial charge is 0.857 e. The lowest BCUT2D eigenvalue weighted by molar-refractivity contribution is -0.891. The van der Waals surface area contributed by atoms with Crippen molar-refractivity contribution in [1.29, 1.82) is 0 Å². The molecule has 1 aromatic carbocycles. The molecule has 2 rings (SSSR count). The molecule has 0 saturated carbocycles. The van der Waals surface area contributed by atoms with Gasteiger partial charge in [-0.05, 0) is 19.1 Å². The van der Waals surface area contributed by atoms with Gasteiger partial charge in [0.2, 0.25) is 10.0 Å². The van der Waals surface area contributed by atoms with Crippen LogP contribution in [0.2, 0.25) is 0 Å². The third-order valence-corrected chi connectivity index (χ3v) is 4.41. The lowest BCUT2D eigenvalue weighted by atomic mass is 10.2. The van der Waals surface area contributed by atoms with E-state index in [0.29, 0.717) is 6.54 Å². The summed E-state index contributed by atoms with van der Waals surface area (Å²) >= 11 is 0. The van der Waals surface area contributed by atoms with Gasteiger partial charge in [-0.3, -0.25) is 0 Å². The minimum absolute atomic E-state index is 0.139. The van der Waals surface area contributed by atoms with E-state index < -0.39 is 22.0 Å². The van der Waals surface area contributed by atoms with Crippen LogP contribution in [0.1, 0.15) is 5.56 Å². The molecule has 1 aliphatic rings. The molecule has 0 fully saturated rings. The van der Waals surface area contributed by atoms with Gasteiger partial charge >= 0.3 is 0 Å². The van der Waals surface area contributed by atoms with Crippen LogP contribution in [0.4, 0.5) is 0 Å². The fourth-order valence-corrected chi connectivity index (χ4v) is 3.14. The van der Waals surface area contributed by atoms with E-state index in [-0.39, 0.29) is 9.49 Å². The van der Waals surface area contributed by atoms with Gasteiger partial charge in [0.25, 0.3) is 0 Å². The number of sulfonamides is 1. The summed E-state index contributed by atoms with van der Waals surface area (Å²) in [6, 6.07) is 5.69. The molecule has 1 atom stereocenters. The van der Waals surface area contributed by atoms with Crippen LogP contribution in [0.5, 0.6) is 0 Å². The zero-order valence-electron chi connectivity index (χ0n) is 11.1. The summed E-state index contributed by atoms with van der Waals surface area (Å²) < 4.78 is 26.8. The number of hydrogen-bond donors (Lipinski definition) is 1. The van der Waals surface area contributed by atoms with Crippen molar-refractivity contribution in [2.45, 2.75) is 17.9 Å². The third kappa shape index (κ3) is 3.12. The standard InChI is InChI=1S/C12H17N3O3S/c1-9-4-6-10(7-5-9)19(17,18)14-11-8-15(2,3)13-12(11)16/h4-7,11,14H,8H2,1-3H3. The van der Waals surface area contributed by atoms with Crippen LogP contribution in [0, 0.1) is 6.92 Å². The molecule has 1 heterocycles. The van der Waals surface area contributed by atoms with Crippen molar-refractivity contribution >= 4 is 15.9 Å². The highest BCUT2D eigenvalue weighted by atomic mass is 32.2. The van der Waals surface area contributed by atoms with Gasteiger partial charge in [-0.25, -0.2) is 13.0 Å². The Morgan fingerprint density at radius 3 is 2.37 bits per heavy atom. The number of hydrogen-bond acceptors (Lipinski definition) is 4. The smallest absolute Gasteiger partial charge is 0.241 e. The molecular weight excluding hydrogens is 266 g/mol. The SMILES string of the molecule is Cc1ccc(S(=O)(=O)NC2C[N+](C)(C)N=C2[O-])cc1. The molecule has 1 aliphatic heterocycles. The minimum Gasteiger partial charge on any atom is -0.857 e. The van der Waals surface area contributed by atoms with Gasteiger partial charge in [-0.2, -0.15) is 4.72 Å². The molecule has 1 aromatic rings. The van der Waals surface area contributed by atoms with Crippen LogP contribution in [0.15, 0.2) is 34.3 Å². The van der Waals surface area contributed by atoms with E-state index >= 15 is 0 Å². The molecule has 6 nitrogen and oxygen atoms in total. The monoisotopic (exact) mass is 283 g/mol. The zero-order chi connectivity index (χ0) is 14.3. The van der Waals surface area contributed by atoms with E-state index in [1.807, 2.05) is 6.92 Å². The number of rotatable bonds is 3. The highest BCUT2D eigenvalue weighted by Crippen LogP contribution is 2.14. The first-order valence-corrected chi connectivity index (χ1v) is 7.37. The Labute approximate surface area is 113 Å². The molecule has 0 amide bonds. The summed E-state index contributed by atoms with van der Waals surface area (Å²) in [5.74, 6) is -0.430. The maximum atomic E-state index is 12.1. The van der Waals surface area contributed by atoms with Crippen LogP contribution >= 0.6 is 0 Å². The van der Waals surface area contributed by atoms with Crippen molar-refractivity contribution in [2.24, 2.45) is 5.10 Å². The summed E-state index contributed by atoms with van der Waals surface area (Å²) in [5, 5.41) is 15.5. The molecule has 0 bridgehead atoms. The lowest BCUT2D eigenvalue weighted by Gasteiger charge is -2.19. The maximum absolute atomic E-state index is 12.1. The Morgan fingerprint density at radius 1 is 1.32 bits per heavy atom. The van der Waals surface area contributed by atoms with Crippen LogP contribution in [-0.4, -0.2) is 45.6 Å². The Morgan fingerprint density at radius 2 is 1.89 bits per heavy atom. The van der Waals surface area contributed by atoms with E-state index in [4.69, 9.17) is 0 Å². The average Bonchev–Trinajstić information content (AvgIpc) is 2.51. The minimum atomic E-state index is -3.68. The van der Waals surface area contributed by atoms with Crippen molar-refractivity contribution in [3.8, 4) is 0 Å². The first kappa shape index (κ1) is 14.0. The number of nitrogens with one attached hydrogen (secondary N) is 1. The first-order valence-electron chi connectivity index (χ1n) is 5.89. The van der Waals surface area contributed by atoms with Gasteiger partial charge in [-0.15, -0.1) is 5.10 Å². The summed E-state index contributed by atoms with van der Waals surface area (Å²) in [7, 11) is -0.188. The van der Waals surface area contributed by atoms with Crippen molar-refractivity contribution in [2.75, 3.05) is 20.6 Å². The van der Waals surface area contributed by atoms with Crippen molar-refractivity contribution < 1.29 is 18.1 Å². The fraction of sp³-hybridized carbons (Fsp3) is 0.417.